The number of carbonyl (C=O) groups is 3. The number of nitriles is 1. The number of hydrogen-bond acceptors (Lipinski definition) is 21. The third-order valence-electron chi connectivity index (χ3n) is 9.53. The molecule has 414 valence electrons. The number of oxime groups is 4. The summed E-state index contributed by atoms with van der Waals surface area (Å²) < 4.78 is 64.8. The Morgan fingerprint density at radius 1 is 0.545 bits per heavy atom. The average Bonchev–Trinajstić information content (AvgIpc) is 3.39. The van der Waals surface area contributed by atoms with Crippen molar-refractivity contribution in [2.45, 2.75) is 60.8 Å². The molecular weight excluding hydrogens is 1100 g/mol. The van der Waals surface area contributed by atoms with Gasteiger partial charge in [0.1, 0.15) is 6.07 Å². The van der Waals surface area contributed by atoms with Crippen molar-refractivity contribution in [1.29, 1.82) is 5.26 Å². The minimum absolute atomic E-state index is 0. The third-order valence-corrected chi connectivity index (χ3v) is 15.4. The molecule has 32 heteroatoms. The molecule has 4 aromatic rings. The number of nitrogens with zero attached hydrogens (tertiary/aromatic N) is 5. The van der Waals surface area contributed by atoms with Crippen LogP contribution in [0.4, 0.5) is 0 Å². The molecule has 0 radical (unpaired) electrons. The van der Waals surface area contributed by atoms with Gasteiger partial charge in [-0.1, -0.05) is 140 Å². The first-order valence-electron chi connectivity index (χ1n) is 21.8. The molecule has 27 nitrogen and oxygen atoms in total. The molecule has 2 atom stereocenters. The van der Waals surface area contributed by atoms with Crippen LogP contribution in [0.15, 0.2) is 118 Å². The van der Waals surface area contributed by atoms with E-state index in [1.165, 1.54) is 0 Å². The summed E-state index contributed by atoms with van der Waals surface area (Å²) in [6.07, 6.45) is 0. The first-order chi connectivity index (χ1) is 35.8. The average molecular weight is 1160 g/mol. The van der Waals surface area contributed by atoms with Crippen LogP contribution in [-0.4, -0.2) is 98.1 Å². The SMILES string of the molecule is CCO[P@](=O)(NCc1ccc(C)cc1)/C(C#N)=N/O.COP(=O)(OC)/C(=N/O)C(=O)NCc1ccc(C)cc1.COP(=O)([O-])/C(=N/O)C(=O)NCc1ccc(C)cc1.Cc1ccc(CNC(=O)/C(=N\O)P(=O)(O)O)cc1.[Na+]. The summed E-state index contributed by atoms with van der Waals surface area (Å²) >= 11 is 0. The quantitative estimate of drug-likeness (QED) is 0.0188. The largest absolute Gasteiger partial charge is 1.00 e. The topological polar surface area (TPSA) is 422 Å². The molecule has 0 aliphatic rings. The third kappa shape index (κ3) is 25.1. The number of rotatable bonds is 21. The molecule has 0 spiro atoms. The van der Waals surface area contributed by atoms with Crippen molar-refractivity contribution in [3.63, 3.8) is 0 Å². The minimum Gasteiger partial charge on any atom is -0.774 e. The Hall–Kier alpha value is -5.74. The summed E-state index contributed by atoms with van der Waals surface area (Å²) in [5, 5.41) is 63.2. The molecule has 0 saturated carbocycles. The first-order valence-corrected chi connectivity index (χ1v) is 28.1. The molecule has 4 aromatic carbocycles. The zero-order valence-corrected chi connectivity index (χ0v) is 49.0. The van der Waals surface area contributed by atoms with Gasteiger partial charge in [-0.15, -0.1) is 0 Å². The molecule has 3 amide bonds. The normalized spacial score (nSPS) is 13.3. The Morgan fingerprint density at radius 3 is 1.12 bits per heavy atom. The number of amides is 3. The zero-order valence-electron chi connectivity index (χ0n) is 43.4. The summed E-state index contributed by atoms with van der Waals surface area (Å²) in [5.74, 6) is -2.95. The van der Waals surface area contributed by atoms with Crippen LogP contribution in [0.25, 0.3) is 0 Å². The van der Waals surface area contributed by atoms with E-state index >= 15 is 0 Å². The van der Waals surface area contributed by atoms with Crippen molar-refractivity contribution in [1.82, 2.24) is 21.0 Å². The standard InChI is InChI=1S/C12H16N3O3P.C12H17N2O5P.C11H15N2O5P.C10H13N2O5P.Na/c1-3-18-19(17,12(8-13)15-16)14-9-11-6-4-10(2)5-7-11;1-9-4-6-10(7-5-9)8-13-11(15)12(14-16)20(17,18-2)19-3;1-8-3-5-9(6-4-8)7-12-10(14)11(13-15)19(16,17)18-2;1-7-2-4-8(5-3-7)6-11-9(13)10(12-14)18(15,16)17;/h4-7,16H,3,9H2,1-2H3,(H,14,17);4-7,16H,8H2,1-3H3,(H,13,15);3-6,15H,7H2,1-2H3,(H,12,14)(H,16,17);2-5,14H,6H2,1H3,(H,11,13)(H2,15,16,17);/q;;;;+1/p-1/b15-12+;14-12+;13-11+;12-10+;/t19-;;;;/m0..../s1. The van der Waals surface area contributed by atoms with Crippen LogP contribution in [0.3, 0.4) is 0 Å². The molecule has 10 N–H and O–H groups in total. The van der Waals surface area contributed by atoms with Crippen LogP contribution < -0.4 is 55.5 Å². The number of carbonyl (C=O) groups excluding carboxylic acids is 3. The Labute approximate surface area is 466 Å². The van der Waals surface area contributed by atoms with Gasteiger partial charge < -0.3 is 74.1 Å². The van der Waals surface area contributed by atoms with Crippen molar-refractivity contribution < 1.29 is 116 Å². The van der Waals surface area contributed by atoms with E-state index in [4.69, 9.17) is 40.4 Å². The van der Waals surface area contributed by atoms with Gasteiger partial charge in [0.15, 0.2) is 7.60 Å². The maximum Gasteiger partial charge on any atom is 1.00 e. The van der Waals surface area contributed by atoms with E-state index in [0.29, 0.717) is 0 Å². The number of aryl methyl sites for hydroxylation is 4. The van der Waals surface area contributed by atoms with Gasteiger partial charge >= 0.3 is 52.3 Å². The van der Waals surface area contributed by atoms with Gasteiger partial charge in [0.25, 0.3) is 34.1 Å². The fourth-order valence-corrected chi connectivity index (χ4v) is 8.70. The summed E-state index contributed by atoms with van der Waals surface area (Å²) in [5.41, 5.74) is 4.15. The van der Waals surface area contributed by atoms with Crippen molar-refractivity contribution in [3.8, 4) is 6.07 Å². The first kappa shape index (κ1) is 71.3. The van der Waals surface area contributed by atoms with Crippen molar-refractivity contribution >= 4 is 69.8 Å². The van der Waals surface area contributed by atoms with Gasteiger partial charge in [0.2, 0.25) is 5.45 Å². The van der Waals surface area contributed by atoms with E-state index in [0.717, 1.165) is 65.8 Å². The van der Waals surface area contributed by atoms with Gasteiger partial charge in [0, 0.05) is 47.5 Å². The fraction of sp³-hybridized carbons (Fsp3) is 0.289. The van der Waals surface area contributed by atoms with Gasteiger partial charge in [-0.2, -0.15) is 5.26 Å². The Bertz CT molecular complexity index is 2890. The number of hydrogen-bond donors (Lipinski definition) is 10. The molecule has 0 saturated heterocycles. The molecule has 0 aliphatic carbocycles. The van der Waals surface area contributed by atoms with Crippen molar-refractivity contribution in [2.24, 2.45) is 20.6 Å². The number of benzene rings is 4. The Kier molecular flexibility index (Phi) is 33.0. The van der Waals surface area contributed by atoms with Gasteiger partial charge in [-0.25, -0.2) is 5.09 Å². The second-order valence-electron chi connectivity index (χ2n) is 15.2. The maximum absolute atomic E-state index is 12.4. The molecule has 77 heavy (non-hydrogen) atoms. The van der Waals surface area contributed by atoms with Gasteiger partial charge in [-0.05, 0) is 56.9 Å². The number of nitrogens with one attached hydrogen (secondary N) is 4. The van der Waals surface area contributed by atoms with Gasteiger partial charge in [-0.3, -0.25) is 28.1 Å². The maximum atomic E-state index is 12.4. The smallest absolute Gasteiger partial charge is 0.774 e. The van der Waals surface area contributed by atoms with E-state index < -0.39 is 69.8 Å². The van der Waals surface area contributed by atoms with E-state index in [-0.39, 0.29) is 62.3 Å². The monoisotopic (exact) mass is 1160 g/mol. The predicted octanol–water partition coefficient (Wildman–Crippen LogP) is 2.69. The van der Waals surface area contributed by atoms with Crippen LogP contribution >= 0.6 is 30.3 Å². The predicted molar refractivity (Wildman–Crippen MR) is 277 cm³/mol. The molecule has 0 fully saturated rings. The van der Waals surface area contributed by atoms with Crippen LogP contribution in [-0.2, 0) is 76.9 Å². The summed E-state index contributed by atoms with van der Waals surface area (Å²) in [4.78, 5) is 63.5. The summed E-state index contributed by atoms with van der Waals surface area (Å²) in [7, 11) is -13.9. The molecule has 0 heterocycles. The van der Waals surface area contributed by atoms with E-state index in [2.05, 4.69) is 55.2 Å². The zero-order chi connectivity index (χ0) is 57.7. The Morgan fingerprint density at radius 2 is 0.857 bits per heavy atom. The summed E-state index contributed by atoms with van der Waals surface area (Å²) in [6.45, 7) is 10.2. The molecule has 4 rings (SSSR count). The molecule has 0 bridgehead atoms. The van der Waals surface area contributed by atoms with Crippen LogP contribution in [0, 0.1) is 39.0 Å². The molecular formula is C45H60N9NaO18P4. The molecule has 0 aliphatic heterocycles. The minimum atomic E-state index is -4.87. The molecule has 1 unspecified atom stereocenters. The Balaban J connectivity index is 0.000000996. The van der Waals surface area contributed by atoms with Crippen molar-refractivity contribution in [2.75, 3.05) is 27.9 Å². The molecule has 0 aromatic heterocycles. The van der Waals surface area contributed by atoms with E-state index in [1.54, 1.807) is 37.3 Å². The fourth-order valence-electron chi connectivity index (χ4n) is 5.33. The van der Waals surface area contributed by atoms with E-state index in [1.807, 2.05) is 100 Å². The van der Waals surface area contributed by atoms with E-state index in [9.17, 15) is 37.5 Å². The second-order valence-corrected chi connectivity index (χ2v) is 22.7. The summed E-state index contributed by atoms with van der Waals surface area (Å²) in [6, 6.07) is 31.2. The van der Waals surface area contributed by atoms with Crippen molar-refractivity contribution in [3.05, 3.63) is 142 Å². The van der Waals surface area contributed by atoms with Crippen LogP contribution in [0.5, 0.6) is 0 Å². The van der Waals surface area contributed by atoms with Gasteiger partial charge in [0.05, 0.1) is 6.61 Å². The second kappa shape index (κ2) is 35.6. The van der Waals surface area contributed by atoms with Crippen LogP contribution in [0.1, 0.15) is 51.4 Å². The van der Waals surface area contributed by atoms with Crippen LogP contribution in [0.2, 0.25) is 0 Å².